The second-order valence-corrected chi connectivity index (χ2v) is 6.07. The monoisotopic (exact) mass is 344 g/mol. The zero-order valence-electron chi connectivity index (χ0n) is 10.1. The predicted octanol–water partition coefficient (Wildman–Crippen LogP) is 3.34. The van der Waals surface area contributed by atoms with Crippen molar-refractivity contribution in [3.63, 3.8) is 0 Å². The Labute approximate surface area is 121 Å². The molecule has 3 rings (SSSR count). The summed E-state index contributed by atoms with van der Waals surface area (Å²) in [7, 11) is 0. The highest BCUT2D eigenvalue weighted by Gasteiger charge is 2.29. The van der Waals surface area contributed by atoms with Crippen LogP contribution >= 0.6 is 15.9 Å². The van der Waals surface area contributed by atoms with Crippen LogP contribution < -0.4 is 0 Å². The van der Waals surface area contributed by atoms with Gasteiger partial charge in [0.1, 0.15) is 5.52 Å². The van der Waals surface area contributed by atoms with Crippen LogP contribution in [0.2, 0.25) is 0 Å². The lowest BCUT2D eigenvalue weighted by atomic mass is 10.1. The first-order chi connectivity index (χ1) is 9.04. The maximum atomic E-state index is 10.6. The van der Waals surface area contributed by atoms with Crippen molar-refractivity contribution >= 4 is 38.4 Å². The molecular formula is C12H11BrNO4S-. The summed E-state index contributed by atoms with van der Waals surface area (Å²) in [6.45, 7) is 1.67. The molecule has 19 heavy (non-hydrogen) atoms. The van der Waals surface area contributed by atoms with E-state index in [0.29, 0.717) is 11.5 Å². The van der Waals surface area contributed by atoms with E-state index in [1.807, 2.05) is 0 Å². The van der Waals surface area contributed by atoms with Gasteiger partial charge in [0.15, 0.2) is 11.5 Å². The smallest absolute Gasteiger partial charge is 0.198 e. The molecule has 102 valence electrons. The molecule has 5 nitrogen and oxygen atoms in total. The summed E-state index contributed by atoms with van der Waals surface area (Å²) in [6, 6.07) is 3.59. The minimum Gasteiger partial charge on any atom is -0.750 e. The summed E-state index contributed by atoms with van der Waals surface area (Å²) in [5, 5.41) is 0. The van der Waals surface area contributed by atoms with E-state index < -0.39 is 17.5 Å². The third-order valence-electron chi connectivity index (χ3n) is 3.10. The van der Waals surface area contributed by atoms with Crippen molar-refractivity contribution in [1.82, 2.24) is 4.98 Å². The van der Waals surface area contributed by atoms with E-state index in [1.54, 1.807) is 19.1 Å². The van der Waals surface area contributed by atoms with E-state index in [-0.39, 0.29) is 0 Å². The van der Waals surface area contributed by atoms with Gasteiger partial charge in [0, 0.05) is 5.92 Å². The lowest BCUT2D eigenvalue weighted by Crippen LogP contribution is -2.02. The third kappa shape index (κ3) is 2.74. The molecule has 1 saturated carbocycles. The first-order valence-corrected chi connectivity index (χ1v) is 7.70. The number of aromatic nitrogens is 1. The van der Waals surface area contributed by atoms with E-state index in [9.17, 15) is 8.76 Å². The molecule has 2 aromatic rings. The van der Waals surface area contributed by atoms with Gasteiger partial charge < -0.3 is 8.97 Å². The van der Waals surface area contributed by atoms with Crippen LogP contribution in [-0.4, -0.2) is 13.7 Å². The third-order valence-corrected chi connectivity index (χ3v) is 4.14. The summed E-state index contributed by atoms with van der Waals surface area (Å²) in [5.41, 5.74) is 2.15. The Morgan fingerprint density at radius 2 is 2.32 bits per heavy atom. The van der Waals surface area contributed by atoms with Crippen molar-refractivity contribution < 1.29 is 17.4 Å². The van der Waals surface area contributed by atoms with Crippen LogP contribution in [-0.2, 0) is 15.5 Å². The van der Waals surface area contributed by atoms with Crippen LogP contribution in [0.15, 0.2) is 21.0 Å². The van der Waals surface area contributed by atoms with Gasteiger partial charge in [-0.15, -0.1) is 0 Å². The summed E-state index contributed by atoms with van der Waals surface area (Å²) < 4.78 is 32.3. The number of halogens is 1. The molecule has 0 N–H and O–H groups in total. The maximum Gasteiger partial charge on any atom is 0.198 e. The minimum atomic E-state index is -2.54. The van der Waals surface area contributed by atoms with E-state index in [2.05, 4.69) is 20.9 Å². The quantitative estimate of drug-likeness (QED) is 0.795. The number of rotatable bonds is 4. The second-order valence-electron chi connectivity index (χ2n) is 4.62. The molecule has 2 atom stereocenters. The van der Waals surface area contributed by atoms with Gasteiger partial charge in [0.2, 0.25) is 0 Å². The minimum absolute atomic E-state index is 0.436. The van der Waals surface area contributed by atoms with Gasteiger partial charge in [0.05, 0.1) is 21.9 Å². The summed E-state index contributed by atoms with van der Waals surface area (Å²) in [5.74, 6) is 1.19. The van der Waals surface area contributed by atoms with E-state index >= 15 is 0 Å². The fraction of sp³-hybridized carbons (Fsp3) is 0.417. The largest absolute Gasteiger partial charge is 0.750 e. The standard InChI is InChI=1S/C12H12BrNO4S/c1-6(18-19(15)16)8-4-9(13)11-10(5-8)14-12(17-11)7-2-3-7/h4-7H,2-3H2,1H3,(H,15,16)/p-1. The van der Waals surface area contributed by atoms with E-state index in [0.717, 1.165) is 34.3 Å². The Kier molecular flexibility index (Phi) is 3.46. The van der Waals surface area contributed by atoms with Gasteiger partial charge >= 0.3 is 0 Å². The molecule has 1 aromatic carbocycles. The molecule has 0 aliphatic heterocycles. The Balaban J connectivity index is 2.00. The van der Waals surface area contributed by atoms with Crippen molar-refractivity contribution in [2.24, 2.45) is 0 Å². The number of oxazole rings is 1. The van der Waals surface area contributed by atoms with Crippen molar-refractivity contribution in [1.29, 1.82) is 0 Å². The SMILES string of the molecule is CC(OS(=O)[O-])c1cc(Br)c2oc(C3CC3)nc2c1. The summed E-state index contributed by atoms with van der Waals surface area (Å²) in [6.07, 6.45) is 1.68. The van der Waals surface area contributed by atoms with Gasteiger partial charge in [-0.05, 0) is 53.4 Å². The van der Waals surface area contributed by atoms with Gasteiger partial charge in [-0.25, -0.2) is 9.19 Å². The molecule has 0 bridgehead atoms. The molecule has 0 amide bonds. The molecule has 0 radical (unpaired) electrons. The predicted molar refractivity (Wildman–Crippen MR) is 72.1 cm³/mol. The van der Waals surface area contributed by atoms with Gasteiger partial charge in [-0.2, -0.15) is 0 Å². The molecular weight excluding hydrogens is 334 g/mol. The molecule has 1 aliphatic rings. The molecule has 0 saturated heterocycles. The molecule has 1 fully saturated rings. The summed E-state index contributed by atoms with van der Waals surface area (Å²) >= 11 is 0.884. The first-order valence-electron chi connectivity index (χ1n) is 5.91. The Morgan fingerprint density at radius 1 is 1.58 bits per heavy atom. The van der Waals surface area contributed by atoms with Crippen LogP contribution in [0, 0.1) is 0 Å². The van der Waals surface area contributed by atoms with Crippen molar-refractivity contribution in [3.8, 4) is 0 Å². The Morgan fingerprint density at radius 3 is 2.95 bits per heavy atom. The maximum absolute atomic E-state index is 10.6. The Hall–Kier alpha value is -0.760. The Bertz CT molecular complexity index is 652. The van der Waals surface area contributed by atoms with Crippen LogP contribution in [0.4, 0.5) is 0 Å². The molecule has 0 spiro atoms. The van der Waals surface area contributed by atoms with Gasteiger partial charge in [-0.1, -0.05) is 0 Å². The van der Waals surface area contributed by atoms with Gasteiger partial charge in [-0.3, -0.25) is 4.18 Å². The fourth-order valence-corrected chi connectivity index (χ4v) is 2.84. The number of hydrogen-bond donors (Lipinski definition) is 0. The lowest BCUT2D eigenvalue weighted by Gasteiger charge is -2.14. The molecule has 1 heterocycles. The lowest BCUT2D eigenvalue weighted by molar-refractivity contribution is 0.223. The van der Waals surface area contributed by atoms with Crippen LogP contribution in [0.25, 0.3) is 11.1 Å². The first kappa shape index (κ1) is 13.2. The highest BCUT2D eigenvalue weighted by molar-refractivity contribution is 9.10. The van der Waals surface area contributed by atoms with Crippen LogP contribution in [0.3, 0.4) is 0 Å². The normalized spacial score (nSPS) is 18.7. The number of benzene rings is 1. The molecule has 1 aromatic heterocycles. The average Bonchev–Trinajstić information content (AvgIpc) is 3.08. The second kappa shape index (κ2) is 4.97. The van der Waals surface area contributed by atoms with E-state index in [1.165, 1.54) is 0 Å². The average molecular weight is 345 g/mol. The van der Waals surface area contributed by atoms with Crippen LogP contribution in [0.5, 0.6) is 0 Å². The zero-order valence-corrected chi connectivity index (χ0v) is 12.5. The topological polar surface area (TPSA) is 75.4 Å². The van der Waals surface area contributed by atoms with Crippen molar-refractivity contribution in [2.45, 2.75) is 31.8 Å². The molecule has 2 unspecified atom stereocenters. The molecule has 7 heteroatoms. The highest BCUT2D eigenvalue weighted by Crippen LogP contribution is 2.42. The van der Waals surface area contributed by atoms with E-state index in [4.69, 9.17) is 8.60 Å². The van der Waals surface area contributed by atoms with Crippen molar-refractivity contribution in [2.75, 3.05) is 0 Å². The van der Waals surface area contributed by atoms with Crippen molar-refractivity contribution in [3.05, 3.63) is 28.1 Å². The summed E-state index contributed by atoms with van der Waals surface area (Å²) in [4.78, 5) is 4.45. The zero-order chi connectivity index (χ0) is 13.6. The fourth-order valence-electron chi connectivity index (χ4n) is 1.94. The number of nitrogens with zero attached hydrogens (tertiary/aromatic N) is 1. The number of fused-ring (bicyclic) bond motifs is 1. The highest BCUT2D eigenvalue weighted by atomic mass is 79.9. The molecule has 1 aliphatic carbocycles. The van der Waals surface area contributed by atoms with Gasteiger partial charge in [0.25, 0.3) is 0 Å². The number of hydrogen-bond acceptors (Lipinski definition) is 5. The van der Waals surface area contributed by atoms with Crippen LogP contribution in [0.1, 0.15) is 43.2 Å².